The molecule has 1 N–H and O–H groups in total. The molecule has 5 nitrogen and oxygen atoms in total. The quantitative estimate of drug-likeness (QED) is 0.625. The molecule has 0 aromatic heterocycles. The summed E-state index contributed by atoms with van der Waals surface area (Å²) in [6.45, 7) is 0. The van der Waals surface area contributed by atoms with E-state index < -0.39 is 5.91 Å². The van der Waals surface area contributed by atoms with Gasteiger partial charge in [0.05, 0.1) is 11.8 Å². The van der Waals surface area contributed by atoms with Gasteiger partial charge in [0.25, 0.3) is 17.7 Å². The first kappa shape index (κ1) is 14.4. The molecule has 3 fully saturated rings. The fourth-order valence-electron chi connectivity index (χ4n) is 4.86. The third kappa shape index (κ3) is 1.83. The summed E-state index contributed by atoms with van der Waals surface area (Å²) in [6, 6.07) is 6.86. The number of hydrogen-bond acceptors (Lipinski definition) is 3. The molecule has 1 heterocycles. The van der Waals surface area contributed by atoms with Gasteiger partial charge >= 0.3 is 0 Å². The van der Waals surface area contributed by atoms with Crippen LogP contribution in [0.15, 0.2) is 40.9 Å². The molecule has 0 unspecified atom stereocenters. The van der Waals surface area contributed by atoms with Crippen molar-refractivity contribution >= 4 is 33.7 Å². The molecule has 6 atom stereocenters. The smallest absolute Gasteiger partial charge is 0.270 e. The van der Waals surface area contributed by atoms with Crippen LogP contribution in [-0.4, -0.2) is 22.7 Å². The zero-order valence-corrected chi connectivity index (χ0v) is 14.3. The number of carbonyl (C=O) groups is 3. The Balaban J connectivity index is 1.41. The summed E-state index contributed by atoms with van der Waals surface area (Å²) in [7, 11) is 0. The molecule has 24 heavy (non-hydrogen) atoms. The highest BCUT2D eigenvalue weighted by atomic mass is 79.9. The highest BCUT2D eigenvalue weighted by Gasteiger charge is 2.67. The minimum atomic E-state index is -0.442. The Hall–Kier alpha value is -1.95. The first-order chi connectivity index (χ1) is 11.6. The Morgan fingerprint density at radius 1 is 1.08 bits per heavy atom. The van der Waals surface area contributed by atoms with E-state index in [2.05, 4.69) is 33.5 Å². The van der Waals surface area contributed by atoms with Crippen LogP contribution in [0.25, 0.3) is 0 Å². The lowest BCUT2D eigenvalue weighted by Crippen LogP contribution is -2.46. The highest BCUT2D eigenvalue weighted by molar-refractivity contribution is 9.10. The van der Waals surface area contributed by atoms with Gasteiger partial charge in [-0.3, -0.25) is 19.8 Å². The molecule has 6 rings (SSSR count). The van der Waals surface area contributed by atoms with Crippen molar-refractivity contribution in [3.8, 4) is 0 Å². The Bertz CT molecular complexity index is 784. The molecular formula is C18H15BrN2O3. The van der Waals surface area contributed by atoms with Gasteiger partial charge in [0.15, 0.2) is 0 Å². The van der Waals surface area contributed by atoms with E-state index in [0.717, 1.165) is 15.9 Å². The van der Waals surface area contributed by atoms with E-state index in [0.29, 0.717) is 17.4 Å². The largest absolute Gasteiger partial charge is 0.272 e. The second kappa shape index (κ2) is 4.79. The number of rotatable bonds is 2. The van der Waals surface area contributed by atoms with Crippen LogP contribution in [0.2, 0.25) is 0 Å². The van der Waals surface area contributed by atoms with Gasteiger partial charge in [-0.25, -0.2) is 0 Å². The molecule has 3 amide bonds. The molecule has 0 spiro atoms. The van der Waals surface area contributed by atoms with E-state index in [9.17, 15) is 14.4 Å². The van der Waals surface area contributed by atoms with Gasteiger partial charge in [-0.15, -0.1) is 0 Å². The van der Waals surface area contributed by atoms with E-state index in [4.69, 9.17) is 0 Å². The maximum absolute atomic E-state index is 12.8. The number of benzene rings is 1. The van der Waals surface area contributed by atoms with E-state index >= 15 is 0 Å². The van der Waals surface area contributed by atoms with Crippen LogP contribution in [0.3, 0.4) is 0 Å². The monoisotopic (exact) mass is 386 g/mol. The maximum atomic E-state index is 12.8. The molecule has 122 valence electrons. The van der Waals surface area contributed by atoms with Crippen LogP contribution in [0.1, 0.15) is 16.8 Å². The lowest BCUT2D eigenvalue weighted by atomic mass is 9.63. The van der Waals surface area contributed by atoms with Crippen LogP contribution in [0.4, 0.5) is 0 Å². The summed E-state index contributed by atoms with van der Waals surface area (Å²) >= 11 is 3.32. The van der Waals surface area contributed by atoms with Gasteiger partial charge in [0.2, 0.25) is 0 Å². The second-order valence-electron chi connectivity index (χ2n) is 7.12. The Labute approximate surface area is 147 Å². The average molecular weight is 387 g/mol. The molecular weight excluding hydrogens is 372 g/mol. The number of allylic oxidation sites excluding steroid dienone is 2. The van der Waals surface area contributed by atoms with Gasteiger partial charge < -0.3 is 0 Å². The SMILES string of the molecule is O=C(NN1C(=O)[C@@H]2[C@H]3C=C[C@@H]([C@@H]4C[C@@H]34)[C@@H]2C1=O)c1cccc(Br)c1. The Morgan fingerprint density at radius 2 is 1.71 bits per heavy atom. The van der Waals surface area contributed by atoms with Crippen molar-refractivity contribution in [2.45, 2.75) is 6.42 Å². The molecule has 2 saturated carbocycles. The summed E-state index contributed by atoms with van der Waals surface area (Å²) in [5.41, 5.74) is 2.93. The number of nitrogens with zero attached hydrogens (tertiary/aromatic N) is 1. The van der Waals surface area contributed by atoms with E-state index in [1.54, 1.807) is 18.2 Å². The minimum Gasteiger partial charge on any atom is -0.272 e. The second-order valence-corrected chi connectivity index (χ2v) is 8.03. The van der Waals surface area contributed by atoms with Crippen molar-refractivity contribution in [2.24, 2.45) is 35.5 Å². The van der Waals surface area contributed by atoms with Gasteiger partial charge in [-0.2, -0.15) is 5.01 Å². The lowest BCUT2D eigenvalue weighted by Gasteiger charge is -2.37. The van der Waals surface area contributed by atoms with E-state index in [1.807, 2.05) is 6.07 Å². The summed E-state index contributed by atoms with van der Waals surface area (Å²) in [5, 5.41) is 0.969. The number of hydrazine groups is 1. The zero-order chi connectivity index (χ0) is 16.6. The molecule has 5 aliphatic rings. The predicted molar refractivity (Wildman–Crippen MR) is 88.2 cm³/mol. The average Bonchev–Trinajstić information content (AvgIpc) is 3.36. The third-order valence-corrected chi connectivity index (χ3v) is 6.46. The minimum absolute atomic E-state index is 0.161. The van der Waals surface area contributed by atoms with E-state index in [-0.39, 0.29) is 35.5 Å². The van der Waals surface area contributed by atoms with Gasteiger partial charge in [-0.1, -0.05) is 34.1 Å². The number of imide groups is 1. The van der Waals surface area contributed by atoms with E-state index in [1.165, 1.54) is 0 Å². The van der Waals surface area contributed by atoms with Crippen molar-refractivity contribution in [1.82, 2.24) is 10.4 Å². The predicted octanol–water partition coefficient (Wildman–Crippen LogP) is 2.15. The molecule has 4 aliphatic carbocycles. The fourth-order valence-corrected chi connectivity index (χ4v) is 5.26. The van der Waals surface area contributed by atoms with Gasteiger partial charge in [-0.05, 0) is 48.3 Å². The number of carbonyl (C=O) groups excluding carboxylic acids is 3. The molecule has 1 aliphatic heterocycles. The fraction of sp³-hybridized carbons (Fsp3) is 0.389. The lowest BCUT2D eigenvalue weighted by molar-refractivity contribution is -0.143. The van der Waals surface area contributed by atoms with Crippen LogP contribution < -0.4 is 5.43 Å². The highest BCUT2D eigenvalue weighted by Crippen LogP contribution is 2.65. The molecule has 0 radical (unpaired) electrons. The summed E-state index contributed by atoms with van der Waals surface area (Å²) in [6.07, 6.45) is 5.36. The Kier molecular flexibility index (Phi) is 2.87. The van der Waals surface area contributed by atoms with Gasteiger partial charge in [0, 0.05) is 10.0 Å². The van der Waals surface area contributed by atoms with Crippen molar-refractivity contribution in [1.29, 1.82) is 0 Å². The van der Waals surface area contributed by atoms with Crippen LogP contribution in [-0.2, 0) is 9.59 Å². The maximum Gasteiger partial charge on any atom is 0.270 e. The zero-order valence-electron chi connectivity index (χ0n) is 12.7. The summed E-state index contributed by atoms with van der Waals surface area (Å²) in [5.74, 6) is -0.0998. The molecule has 1 aromatic rings. The summed E-state index contributed by atoms with van der Waals surface area (Å²) in [4.78, 5) is 38.0. The number of halogens is 1. The number of nitrogens with one attached hydrogen (secondary N) is 1. The van der Waals surface area contributed by atoms with Crippen LogP contribution in [0, 0.1) is 35.5 Å². The number of hydrogen-bond donors (Lipinski definition) is 1. The molecule has 1 saturated heterocycles. The van der Waals surface area contributed by atoms with Crippen molar-refractivity contribution in [3.05, 3.63) is 46.5 Å². The molecule has 2 bridgehead atoms. The van der Waals surface area contributed by atoms with Crippen molar-refractivity contribution in [3.63, 3.8) is 0 Å². The van der Waals surface area contributed by atoms with Crippen molar-refractivity contribution < 1.29 is 14.4 Å². The number of amides is 3. The topological polar surface area (TPSA) is 66.5 Å². The van der Waals surface area contributed by atoms with Crippen molar-refractivity contribution in [2.75, 3.05) is 0 Å². The molecule has 6 heteroatoms. The first-order valence-corrected chi connectivity index (χ1v) is 8.98. The third-order valence-electron chi connectivity index (χ3n) is 5.96. The van der Waals surface area contributed by atoms with Crippen LogP contribution >= 0.6 is 15.9 Å². The Morgan fingerprint density at radius 3 is 2.29 bits per heavy atom. The first-order valence-electron chi connectivity index (χ1n) is 8.19. The standard InChI is InChI=1S/C18H15BrN2O3/c19-9-3-1-2-8(6-9)16(22)20-21-17(23)14-10-4-5-11(13-7-12(10)13)15(14)18(21)24/h1-6,10-15H,7H2,(H,20,22)/t10-,11-,12-,13-,14-,15+/m0/s1. The van der Waals surface area contributed by atoms with Crippen LogP contribution in [0.5, 0.6) is 0 Å². The normalized spacial score (nSPS) is 38.1. The molecule has 1 aromatic carbocycles. The van der Waals surface area contributed by atoms with Gasteiger partial charge in [0.1, 0.15) is 0 Å². The summed E-state index contributed by atoms with van der Waals surface area (Å²) < 4.78 is 0.769.